The highest BCUT2D eigenvalue weighted by molar-refractivity contribution is 7.92. The molecule has 0 aliphatic heterocycles. The minimum Gasteiger partial charge on any atom is -0.493 e. The van der Waals surface area contributed by atoms with E-state index in [0.717, 1.165) is 28.8 Å². The molecule has 0 saturated carbocycles. The zero-order chi connectivity index (χ0) is 23.0. The summed E-state index contributed by atoms with van der Waals surface area (Å²) in [7, 11) is -5.52. The van der Waals surface area contributed by atoms with Crippen molar-refractivity contribution in [3.63, 3.8) is 0 Å². The van der Waals surface area contributed by atoms with E-state index in [9.17, 15) is 31.5 Å². The van der Waals surface area contributed by atoms with Crippen LogP contribution in [0.5, 0.6) is 11.6 Å². The van der Waals surface area contributed by atoms with Crippen molar-refractivity contribution < 1.29 is 31.4 Å². The van der Waals surface area contributed by atoms with Crippen LogP contribution in [0.25, 0.3) is 5.69 Å². The van der Waals surface area contributed by atoms with Crippen LogP contribution in [-0.2, 0) is 16.4 Å². The molecule has 0 aliphatic rings. The lowest BCUT2D eigenvalue weighted by Gasteiger charge is -2.10. The van der Waals surface area contributed by atoms with Gasteiger partial charge in [-0.3, -0.25) is 9.55 Å². The van der Waals surface area contributed by atoms with Gasteiger partial charge in [0.1, 0.15) is 5.75 Å². The molecule has 12 heteroatoms. The molecular formula is C19H18F3N3O5S. The van der Waals surface area contributed by atoms with Gasteiger partial charge in [-0.2, -0.15) is 13.2 Å². The number of rotatable bonds is 6. The van der Waals surface area contributed by atoms with Gasteiger partial charge >= 0.3 is 11.2 Å². The van der Waals surface area contributed by atoms with E-state index in [0.29, 0.717) is 17.9 Å². The summed E-state index contributed by atoms with van der Waals surface area (Å²) in [5, 5.41) is 10.5. The van der Waals surface area contributed by atoms with E-state index >= 15 is 0 Å². The molecule has 3 aromatic rings. The molecule has 31 heavy (non-hydrogen) atoms. The molecule has 3 rings (SSSR count). The summed E-state index contributed by atoms with van der Waals surface area (Å²) >= 11 is 0. The minimum absolute atomic E-state index is 0.00485. The maximum Gasteiger partial charge on any atom is 0.501 e. The van der Waals surface area contributed by atoms with Crippen molar-refractivity contribution in [1.29, 1.82) is 0 Å². The van der Waals surface area contributed by atoms with Gasteiger partial charge in [0.05, 0.1) is 35.6 Å². The number of aromatic hydroxyl groups is 1. The number of halogens is 3. The lowest BCUT2D eigenvalue weighted by molar-refractivity contribution is -0.0436. The summed E-state index contributed by atoms with van der Waals surface area (Å²) in [5.41, 5.74) is -5.27. The molecule has 0 spiro atoms. The van der Waals surface area contributed by atoms with Crippen LogP contribution in [0.15, 0.2) is 52.4 Å². The van der Waals surface area contributed by atoms with Crippen LogP contribution in [0.3, 0.4) is 0 Å². The molecule has 0 saturated heterocycles. The van der Waals surface area contributed by atoms with Crippen LogP contribution in [0, 0.1) is 6.92 Å². The number of alkyl halides is 3. The number of aromatic nitrogens is 3. The first-order chi connectivity index (χ1) is 14.5. The molecule has 0 fully saturated rings. The number of imidazole rings is 1. The average molecular weight is 457 g/mol. The van der Waals surface area contributed by atoms with Gasteiger partial charge in [-0.1, -0.05) is 0 Å². The zero-order valence-corrected chi connectivity index (χ0v) is 17.2. The van der Waals surface area contributed by atoms with Gasteiger partial charge in [-0.25, -0.2) is 17.8 Å². The summed E-state index contributed by atoms with van der Waals surface area (Å²) in [5.74, 6) is 0.0358. The Labute approximate surface area is 175 Å². The van der Waals surface area contributed by atoms with Crippen LogP contribution in [0.1, 0.15) is 18.2 Å². The first-order valence-corrected chi connectivity index (χ1v) is 10.5. The molecule has 2 aromatic heterocycles. The Hall–Kier alpha value is -3.28. The van der Waals surface area contributed by atoms with E-state index in [2.05, 4.69) is 4.98 Å². The van der Waals surface area contributed by atoms with Crippen molar-refractivity contribution in [2.24, 2.45) is 0 Å². The maximum atomic E-state index is 12.9. The quantitative estimate of drug-likeness (QED) is 0.611. The third kappa shape index (κ3) is 4.02. The van der Waals surface area contributed by atoms with Crippen molar-refractivity contribution in [2.75, 3.05) is 6.61 Å². The molecule has 0 aliphatic carbocycles. The van der Waals surface area contributed by atoms with Gasteiger partial charge in [0.2, 0.25) is 5.88 Å². The number of ether oxygens (including phenoxy) is 1. The van der Waals surface area contributed by atoms with Gasteiger partial charge in [-0.05, 0) is 44.2 Å². The van der Waals surface area contributed by atoms with E-state index in [1.54, 1.807) is 13.0 Å². The van der Waals surface area contributed by atoms with Crippen molar-refractivity contribution in [2.45, 2.75) is 30.8 Å². The molecule has 0 radical (unpaired) electrons. The molecule has 8 nitrogen and oxygen atoms in total. The highest BCUT2D eigenvalue weighted by Crippen LogP contribution is 2.31. The first-order valence-electron chi connectivity index (χ1n) is 8.97. The van der Waals surface area contributed by atoms with E-state index in [1.807, 2.05) is 0 Å². The van der Waals surface area contributed by atoms with Gasteiger partial charge in [0.15, 0.2) is 0 Å². The summed E-state index contributed by atoms with van der Waals surface area (Å²) in [6.07, 6.45) is 3.02. The van der Waals surface area contributed by atoms with Gasteiger partial charge in [0.25, 0.3) is 9.84 Å². The fraction of sp³-hybridized carbons (Fsp3) is 0.263. The van der Waals surface area contributed by atoms with E-state index < -0.39 is 31.8 Å². The summed E-state index contributed by atoms with van der Waals surface area (Å²) < 4.78 is 68.8. The Bertz CT molecular complexity index is 1260. The van der Waals surface area contributed by atoms with Crippen LogP contribution in [0.4, 0.5) is 13.2 Å². The largest absolute Gasteiger partial charge is 0.501 e. The van der Waals surface area contributed by atoms with E-state index in [1.165, 1.54) is 23.9 Å². The highest BCUT2D eigenvalue weighted by Gasteiger charge is 2.46. The molecule has 1 N–H and O–H groups in total. The van der Waals surface area contributed by atoms with Gasteiger partial charge in [0, 0.05) is 11.8 Å². The van der Waals surface area contributed by atoms with Crippen molar-refractivity contribution in [3.05, 3.63) is 64.5 Å². The molecule has 0 unspecified atom stereocenters. The predicted octanol–water partition coefficient (Wildman–Crippen LogP) is 2.79. The second kappa shape index (κ2) is 8.10. The number of pyridine rings is 1. The number of sulfone groups is 1. The lowest BCUT2D eigenvalue weighted by atomic mass is 10.2. The molecule has 0 bridgehead atoms. The second-order valence-corrected chi connectivity index (χ2v) is 8.41. The zero-order valence-electron chi connectivity index (χ0n) is 16.4. The molecule has 166 valence electrons. The number of nitrogens with zero attached hydrogens (tertiary/aromatic N) is 3. The summed E-state index contributed by atoms with van der Waals surface area (Å²) in [6, 6.07) is 5.14. The fourth-order valence-corrected chi connectivity index (χ4v) is 3.72. The highest BCUT2D eigenvalue weighted by atomic mass is 32.2. The van der Waals surface area contributed by atoms with Gasteiger partial charge < -0.3 is 9.84 Å². The van der Waals surface area contributed by atoms with E-state index in [-0.39, 0.29) is 17.9 Å². The van der Waals surface area contributed by atoms with Crippen LogP contribution < -0.4 is 10.4 Å². The molecular weight excluding hydrogens is 439 g/mol. The molecule has 0 amide bonds. The summed E-state index contributed by atoms with van der Waals surface area (Å²) in [6.45, 7) is 3.71. The predicted molar refractivity (Wildman–Crippen MR) is 104 cm³/mol. The van der Waals surface area contributed by atoms with Gasteiger partial charge in [-0.15, -0.1) is 0 Å². The second-order valence-electron chi connectivity index (χ2n) is 6.47. The topological polar surface area (TPSA) is 103 Å². The van der Waals surface area contributed by atoms with Crippen LogP contribution in [0.2, 0.25) is 0 Å². The smallest absolute Gasteiger partial charge is 0.493 e. The molecule has 1 aromatic carbocycles. The number of hydrogen-bond acceptors (Lipinski definition) is 6. The Morgan fingerprint density at radius 1 is 1.16 bits per heavy atom. The Balaban J connectivity index is 2.03. The SMILES string of the molecule is CCOc1cnccc1Cn1c(C)c(O)n(-c2ccc(S(=O)(=O)C(F)(F)F)cc2)c1=O. The van der Waals surface area contributed by atoms with Crippen molar-refractivity contribution in [1.82, 2.24) is 14.1 Å². The summed E-state index contributed by atoms with van der Waals surface area (Å²) in [4.78, 5) is 15.9. The Morgan fingerprint density at radius 3 is 2.39 bits per heavy atom. The molecule has 0 atom stereocenters. The normalized spacial score (nSPS) is 12.2. The maximum absolute atomic E-state index is 12.9. The standard InChI is InChI=1S/C19H18F3N3O5S/c1-3-30-16-10-23-9-8-13(16)11-24-12(2)17(26)25(18(24)27)14-4-6-15(7-5-14)31(28,29)19(20,21)22/h4-10,26H,3,11H2,1-2H3. The first kappa shape index (κ1) is 22.4. The monoisotopic (exact) mass is 457 g/mol. The van der Waals surface area contributed by atoms with Crippen molar-refractivity contribution in [3.8, 4) is 17.3 Å². The average Bonchev–Trinajstić information content (AvgIpc) is 2.92. The van der Waals surface area contributed by atoms with Crippen molar-refractivity contribution >= 4 is 9.84 Å². The lowest BCUT2D eigenvalue weighted by Crippen LogP contribution is -2.25. The molecule has 2 heterocycles. The Kier molecular flexibility index (Phi) is 5.85. The van der Waals surface area contributed by atoms with E-state index in [4.69, 9.17) is 4.74 Å². The number of benzene rings is 1. The minimum atomic E-state index is -5.52. The third-order valence-corrected chi connectivity index (χ3v) is 6.07. The number of hydrogen-bond donors (Lipinski definition) is 1. The third-order valence-electron chi connectivity index (χ3n) is 4.57. The Morgan fingerprint density at radius 2 is 1.81 bits per heavy atom. The van der Waals surface area contributed by atoms with Crippen LogP contribution >= 0.6 is 0 Å². The fourth-order valence-electron chi connectivity index (χ4n) is 2.96. The van der Waals surface area contributed by atoms with Crippen LogP contribution in [-0.4, -0.2) is 39.8 Å².